The van der Waals surface area contributed by atoms with E-state index in [1.165, 1.54) is 7.05 Å². The summed E-state index contributed by atoms with van der Waals surface area (Å²) in [5, 5.41) is 30.7. The molecule has 0 atom stereocenters. The van der Waals surface area contributed by atoms with Gasteiger partial charge >= 0.3 is 0 Å². The van der Waals surface area contributed by atoms with Crippen molar-refractivity contribution < 1.29 is 9.90 Å². The molecule has 2 N–H and O–H groups in total. The molecule has 0 aliphatic heterocycles. The molecule has 0 aliphatic rings. The number of pyridine rings is 1. The molecule has 28 heavy (non-hydrogen) atoms. The van der Waals surface area contributed by atoms with E-state index in [4.69, 9.17) is 0 Å². The number of hydrogen-bond acceptors (Lipinski definition) is 6. The summed E-state index contributed by atoms with van der Waals surface area (Å²) in [6.07, 6.45) is 2.04. The fourth-order valence-corrected chi connectivity index (χ4v) is 2.67. The SMILES string of the molecule is CCCCc1c(/N=N/c2ccc(C(=O)NCC)cc2)c(O)n(C)c(=O)c1C#N. The molecular formula is C20H23N5O3. The van der Waals surface area contributed by atoms with Gasteiger partial charge in [0.1, 0.15) is 11.6 Å². The van der Waals surface area contributed by atoms with Crippen LogP contribution in [0.4, 0.5) is 11.4 Å². The molecule has 0 unspecified atom stereocenters. The fraction of sp³-hybridized carbons (Fsp3) is 0.350. The van der Waals surface area contributed by atoms with Gasteiger partial charge in [-0.2, -0.15) is 10.4 Å². The minimum absolute atomic E-state index is 0.0331. The molecule has 1 aromatic carbocycles. The van der Waals surface area contributed by atoms with Crippen LogP contribution in [-0.2, 0) is 13.5 Å². The first-order valence-electron chi connectivity index (χ1n) is 9.09. The lowest BCUT2D eigenvalue weighted by Crippen LogP contribution is -2.22. The second-order valence-corrected chi connectivity index (χ2v) is 6.21. The van der Waals surface area contributed by atoms with Crippen molar-refractivity contribution in [3.63, 3.8) is 0 Å². The lowest BCUT2D eigenvalue weighted by atomic mass is 10.0. The maximum absolute atomic E-state index is 12.3. The molecule has 0 saturated carbocycles. The Hall–Kier alpha value is -3.47. The lowest BCUT2D eigenvalue weighted by Gasteiger charge is -2.11. The van der Waals surface area contributed by atoms with Crippen LogP contribution in [0.1, 0.15) is 48.2 Å². The van der Waals surface area contributed by atoms with Crippen molar-refractivity contribution in [1.29, 1.82) is 5.26 Å². The second kappa shape index (κ2) is 9.46. The summed E-state index contributed by atoms with van der Waals surface area (Å²) in [6.45, 7) is 4.37. The van der Waals surface area contributed by atoms with Crippen LogP contribution in [0.3, 0.4) is 0 Å². The quantitative estimate of drug-likeness (QED) is 0.713. The Morgan fingerprint density at radius 1 is 1.25 bits per heavy atom. The normalized spacial score (nSPS) is 10.8. The summed E-state index contributed by atoms with van der Waals surface area (Å²) >= 11 is 0. The van der Waals surface area contributed by atoms with Crippen LogP contribution in [0.5, 0.6) is 5.88 Å². The predicted octanol–water partition coefficient (Wildman–Crippen LogP) is 3.47. The molecule has 146 valence electrons. The van der Waals surface area contributed by atoms with Crippen LogP contribution in [0.2, 0.25) is 0 Å². The predicted molar refractivity (Wildman–Crippen MR) is 105 cm³/mol. The standard InChI is InChI=1S/C20H23N5O3/c1-4-6-7-15-16(12-21)19(27)25(3)20(28)17(15)24-23-14-10-8-13(9-11-14)18(26)22-5-2/h8-11,28H,4-7H2,1-3H3,(H,22,26)/b24-23+. The zero-order valence-electron chi connectivity index (χ0n) is 16.2. The molecule has 1 heterocycles. The highest BCUT2D eigenvalue weighted by Gasteiger charge is 2.19. The molecule has 0 radical (unpaired) electrons. The van der Waals surface area contributed by atoms with Gasteiger partial charge < -0.3 is 10.4 Å². The highest BCUT2D eigenvalue weighted by molar-refractivity contribution is 5.94. The first-order chi connectivity index (χ1) is 13.4. The number of rotatable bonds is 7. The maximum Gasteiger partial charge on any atom is 0.271 e. The van der Waals surface area contributed by atoms with E-state index < -0.39 is 5.56 Å². The molecule has 0 spiro atoms. The number of amides is 1. The number of nitrogens with one attached hydrogen (secondary N) is 1. The highest BCUT2D eigenvalue weighted by Crippen LogP contribution is 2.33. The summed E-state index contributed by atoms with van der Waals surface area (Å²) in [5.41, 5.74) is 0.889. The van der Waals surface area contributed by atoms with Crippen molar-refractivity contribution in [2.75, 3.05) is 6.54 Å². The van der Waals surface area contributed by atoms with E-state index in [9.17, 15) is 20.0 Å². The number of unbranched alkanes of at least 4 members (excludes halogenated alkanes) is 1. The Morgan fingerprint density at radius 2 is 1.93 bits per heavy atom. The van der Waals surface area contributed by atoms with Gasteiger partial charge in [-0.1, -0.05) is 13.3 Å². The van der Waals surface area contributed by atoms with Crippen LogP contribution in [0, 0.1) is 11.3 Å². The summed E-state index contributed by atoms with van der Waals surface area (Å²) < 4.78 is 0.987. The van der Waals surface area contributed by atoms with E-state index in [1.54, 1.807) is 24.3 Å². The Balaban J connectivity index is 2.44. The lowest BCUT2D eigenvalue weighted by molar-refractivity contribution is 0.0956. The topological polar surface area (TPSA) is 120 Å². The Labute approximate surface area is 163 Å². The first-order valence-corrected chi connectivity index (χ1v) is 9.09. The number of carbonyl (C=O) groups is 1. The summed E-state index contributed by atoms with van der Waals surface area (Å²) in [5.74, 6) is -0.514. The van der Waals surface area contributed by atoms with E-state index in [0.717, 1.165) is 17.4 Å². The Kier molecular flexibility index (Phi) is 7.04. The fourth-order valence-electron chi connectivity index (χ4n) is 2.67. The van der Waals surface area contributed by atoms with Crippen molar-refractivity contribution in [1.82, 2.24) is 9.88 Å². The molecule has 1 aromatic heterocycles. The molecule has 2 rings (SSSR count). The number of nitriles is 1. The van der Waals surface area contributed by atoms with Gasteiger partial charge in [0, 0.05) is 24.7 Å². The first kappa shape index (κ1) is 20.8. The molecule has 0 aliphatic carbocycles. The molecule has 0 fully saturated rings. The number of aromatic hydroxyl groups is 1. The van der Waals surface area contributed by atoms with E-state index in [0.29, 0.717) is 29.8 Å². The summed E-state index contributed by atoms with van der Waals surface area (Å²) in [6, 6.07) is 8.43. The number of benzene rings is 1. The third kappa shape index (κ3) is 4.43. The van der Waals surface area contributed by atoms with E-state index in [-0.39, 0.29) is 23.0 Å². The van der Waals surface area contributed by atoms with Gasteiger partial charge in [0.05, 0.1) is 5.69 Å². The van der Waals surface area contributed by atoms with Crippen molar-refractivity contribution in [3.8, 4) is 11.9 Å². The molecule has 8 heteroatoms. The summed E-state index contributed by atoms with van der Waals surface area (Å²) in [7, 11) is 1.38. The number of azo groups is 1. The maximum atomic E-state index is 12.3. The van der Waals surface area contributed by atoms with Gasteiger partial charge in [-0.25, -0.2) is 0 Å². The van der Waals surface area contributed by atoms with Gasteiger partial charge in [-0.15, -0.1) is 5.11 Å². The van der Waals surface area contributed by atoms with Gasteiger partial charge in [0.25, 0.3) is 11.5 Å². The zero-order valence-corrected chi connectivity index (χ0v) is 16.2. The minimum Gasteiger partial charge on any atom is -0.493 e. The molecular weight excluding hydrogens is 358 g/mol. The molecule has 0 saturated heterocycles. The van der Waals surface area contributed by atoms with Crippen molar-refractivity contribution in [3.05, 3.63) is 51.3 Å². The number of hydrogen-bond donors (Lipinski definition) is 2. The second-order valence-electron chi connectivity index (χ2n) is 6.21. The van der Waals surface area contributed by atoms with E-state index in [2.05, 4.69) is 15.5 Å². The van der Waals surface area contributed by atoms with Gasteiger partial charge in [0.15, 0.2) is 5.69 Å². The van der Waals surface area contributed by atoms with Gasteiger partial charge in [0.2, 0.25) is 5.88 Å². The largest absolute Gasteiger partial charge is 0.493 e. The average Bonchev–Trinajstić information content (AvgIpc) is 2.70. The monoisotopic (exact) mass is 381 g/mol. The van der Waals surface area contributed by atoms with Gasteiger partial charge in [-0.3, -0.25) is 14.2 Å². The van der Waals surface area contributed by atoms with Crippen LogP contribution >= 0.6 is 0 Å². The number of carbonyl (C=O) groups excluding carboxylic acids is 1. The summed E-state index contributed by atoms with van der Waals surface area (Å²) in [4.78, 5) is 24.1. The Bertz CT molecular complexity index is 985. The van der Waals surface area contributed by atoms with Crippen molar-refractivity contribution in [2.45, 2.75) is 33.1 Å². The molecule has 1 amide bonds. The molecule has 2 aromatic rings. The van der Waals surface area contributed by atoms with Crippen molar-refractivity contribution >= 4 is 17.3 Å². The third-order valence-corrected chi connectivity index (χ3v) is 4.26. The van der Waals surface area contributed by atoms with E-state index >= 15 is 0 Å². The van der Waals surface area contributed by atoms with Crippen LogP contribution in [-0.4, -0.2) is 22.1 Å². The highest BCUT2D eigenvalue weighted by atomic mass is 16.3. The van der Waals surface area contributed by atoms with Crippen molar-refractivity contribution in [2.24, 2.45) is 17.3 Å². The van der Waals surface area contributed by atoms with Gasteiger partial charge in [-0.05, 0) is 44.0 Å². The number of nitrogens with zero attached hydrogens (tertiary/aromatic N) is 4. The molecule has 8 nitrogen and oxygen atoms in total. The Morgan fingerprint density at radius 3 is 2.50 bits per heavy atom. The van der Waals surface area contributed by atoms with Crippen LogP contribution in [0.25, 0.3) is 0 Å². The van der Waals surface area contributed by atoms with E-state index in [1.807, 2.05) is 19.9 Å². The average molecular weight is 381 g/mol. The third-order valence-electron chi connectivity index (χ3n) is 4.26. The minimum atomic E-state index is -0.559. The number of aromatic nitrogens is 1. The smallest absolute Gasteiger partial charge is 0.271 e. The van der Waals surface area contributed by atoms with Crippen LogP contribution in [0.15, 0.2) is 39.3 Å². The zero-order chi connectivity index (χ0) is 20.7. The van der Waals surface area contributed by atoms with Crippen LogP contribution < -0.4 is 10.9 Å². The molecule has 0 bridgehead atoms.